The van der Waals surface area contributed by atoms with Gasteiger partial charge in [0, 0.05) is 11.6 Å². The van der Waals surface area contributed by atoms with Crippen LogP contribution in [-0.2, 0) is 0 Å². The first-order chi connectivity index (χ1) is 7.66. The molecule has 0 amide bonds. The Morgan fingerprint density at radius 3 is 2.38 bits per heavy atom. The van der Waals surface area contributed by atoms with Crippen molar-refractivity contribution in [1.82, 2.24) is 4.98 Å². The predicted octanol–water partition coefficient (Wildman–Crippen LogP) is 4.69. The molecule has 0 unspecified atom stereocenters. The summed E-state index contributed by atoms with van der Waals surface area (Å²) in [6.07, 6.45) is 1.98. The Morgan fingerprint density at radius 1 is 1.06 bits per heavy atom. The van der Waals surface area contributed by atoms with Gasteiger partial charge in [-0.3, -0.25) is 4.98 Å². The van der Waals surface area contributed by atoms with E-state index in [0.717, 1.165) is 5.52 Å². The third kappa shape index (κ3) is 2.82. The average Bonchev–Trinajstić information content (AvgIpc) is 2.30. The summed E-state index contributed by atoms with van der Waals surface area (Å²) in [5.41, 5.74) is 3.66. The average molecular weight is 215 g/mol. The van der Waals surface area contributed by atoms with Gasteiger partial charge in [0.05, 0.1) is 5.52 Å². The summed E-state index contributed by atoms with van der Waals surface area (Å²) in [5, 5.41) is 1.24. The smallest absolute Gasteiger partial charge is 0.0704 e. The van der Waals surface area contributed by atoms with Gasteiger partial charge in [0.1, 0.15) is 0 Å². The van der Waals surface area contributed by atoms with Crippen LogP contribution in [0.5, 0.6) is 0 Å². The van der Waals surface area contributed by atoms with Gasteiger partial charge in [0.2, 0.25) is 0 Å². The van der Waals surface area contributed by atoms with Crippen LogP contribution in [0.1, 0.15) is 44.7 Å². The second-order valence-corrected chi connectivity index (χ2v) is 4.12. The molecule has 1 heteroatoms. The Balaban J connectivity index is 0.000000606. The highest BCUT2D eigenvalue weighted by atomic mass is 14.6. The van der Waals surface area contributed by atoms with E-state index >= 15 is 0 Å². The second-order valence-electron chi connectivity index (χ2n) is 4.12. The molecule has 1 nitrogen and oxygen atoms in total. The lowest BCUT2D eigenvalue weighted by Crippen LogP contribution is -1.89. The molecule has 0 saturated carbocycles. The van der Waals surface area contributed by atoms with Crippen LogP contribution >= 0.6 is 0 Å². The van der Waals surface area contributed by atoms with Gasteiger partial charge >= 0.3 is 0 Å². The molecule has 0 atom stereocenters. The summed E-state index contributed by atoms with van der Waals surface area (Å²) < 4.78 is 0. The predicted molar refractivity (Wildman–Crippen MR) is 71.9 cm³/mol. The van der Waals surface area contributed by atoms with Gasteiger partial charge in [0.15, 0.2) is 0 Å². The first-order valence-electron chi connectivity index (χ1n) is 6.03. The van der Waals surface area contributed by atoms with Gasteiger partial charge in [-0.05, 0) is 36.1 Å². The van der Waals surface area contributed by atoms with E-state index in [-0.39, 0.29) is 0 Å². The minimum atomic E-state index is 0.549. The van der Waals surface area contributed by atoms with Crippen molar-refractivity contribution in [2.75, 3.05) is 0 Å². The van der Waals surface area contributed by atoms with E-state index in [4.69, 9.17) is 0 Å². The number of aromatic nitrogens is 1. The van der Waals surface area contributed by atoms with E-state index in [1.807, 2.05) is 20.0 Å². The molecule has 0 radical (unpaired) electrons. The van der Waals surface area contributed by atoms with Crippen LogP contribution in [0, 0.1) is 6.92 Å². The molecule has 0 fully saturated rings. The van der Waals surface area contributed by atoms with Crippen LogP contribution in [0.4, 0.5) is 0 Å². The zero-order chi connectivity index (χ0) is 12.1. The second kappa shape index (κ2) is 5.64. The Kier molecular flexibility index (Phi) is 4.48. The van der Waals surface area contributed by atoms with Crippen LogP contribution in [0.25, 0.3) is 10.9 Å². The van der Waals surface area contributed by atoms with Crippen LogP contribution in [0.15, 0.2) is 30.5 Å². The van der Waals surface area contributed by atoms with E-state index in [9.17, 15) is 0 Å². The van der Waals surface area contributed by atoms with Gasteiger partial charge in [-0.15, -0.1) is 0 Å². The largest absolute Gasteiger partial charge is 0.256 e. The first kappa shape index (κ1) is 12.7. The molecule has 0 bridgehead atoms. The van der Waals surface area contributed by atoms with Crippen molar-refractivity contribution in [2.45, 2.75) is 40.5 Å². The highest BCUT2D eigenvalue weighted by Gasteiger charge is 2.01. The molecule has 0 aliphatic rings. The molecular weight excluding hydrogens is 194 g/mol. The number of aryl methyl sites for hydroxylation is 1. The maximum absolute atomic E-state index is 4.46. The lowest BCUT2D eigenvalue weighted by atomic mass is 10.0. The number of hydrogen-bond acceptors (Lipinski definition) is 1. The van der Waals surface area contributed by atoms with Crippen molar-refractivity contribution < 1.29 is 0 Å². The van der Waals surface area contributed by atoms with Crippen molar-refractivity contribution in [3.63, 3.8) is 0 Å². The van der Waals surface area contributed by atoms with Gasteiger partial charge in [-0.25, -0.2) is 0 Å². The third-order valence-electron chi connectivity index (χ3n) is 2.53. The molecule has 0 aliphatic carbocycles. The number of benzene rings is 1. The summed E-state index contributed by atoms with van der Waals surface area (Å²) in [6, 6.07) is 8.63. The van der Waals surface area contributed by atoms with Gasteiger partial charge in [-0.1, -0.05) is 39.8 Å². The fraction of sp³-hybridized carbons (Fsp3) is 0.400. The normalized spacial score (nSPS) is 10.1. The van der Waals surface area contributed by atoms with Crippen molar-refractivity contribution >= 4 is 10.9 Å². The minimum Gasteiger partial charge on any atom is -0.256 e. The zero-order valence-corrected chi connectivity index (χ0v) is 10.9. The molecule has 1 aromatic carbocycles. The molecule has 1 heterocycles. The first-order valence-corrected chi connectivity index (χ1v) is 6.03. The quantitative estimate of drug-likeness (QED) is 0.672. The van der Waals surface area contributed by atoms with E-state index in [2.05, 4.69) is 50.0 Å². The SMILES string of the molecule is CC.Cc1ccc2cc(C(C)C)cnc2c1. The summed E-state index contributed by atoms with van der Waals surface area (Å²) in [7, 11) is 0. The Morgan fingerprint density at radius 2 is 1.75 bits per heavy atom. The highest BCUT2D eigenvalue weighted by molar-refractivity contribution is 5.79. The van der Waals surface area contributed by atoms with Gasteiger partial charge in [0.25, 0.3) is 0 Å². The van der Waals surface area contributed by atoms with E-state index in [0.29, 0.717) is 5.92 Å². The fourth-order valence-electron chi connectivity index (χ4n) is 1.56. The van der Waals surface area contributed by atoms with Gasteiger partial charge in [-0.2, -0.15) is 0 Å². The molecule has 0 N–H and O–H groups in total. The molecule has 0 aliphatic heterocycles. The summed E-state index contributed by atoms with van der Waals surface area (Å²) in [6.45, 7) is 10.5. The van der Waals surface area contributed by atoms with Gasteiger partial charge < -0.3 is 0 Å². The fourth-order valence-corrected chi connectivity index (χ4v) is 1.56. The molecule has 0 spiro atoms. The summed E-state index contributed by atoms with van der Waals surface area (Å²) in [5.74, 6) is 0.549. The van der Waals surface area contributed by atoms with E-state index in [1.165, 1.54) is 16.5 Å². The molecule has 2 aromatic rings. The Hall–Kier alpha value is -1.37. The van der Waals surface area contributed by atoms with Crippen LogP contribution < -0.4 is 0 Å². The van der Waals surface area contributed by atoms with Crippen LogP contribution in [-0.4, -0.2) is 4.98 Å². The topological polar surface area (TPSA) is 12.9 Å². The van der Waals surface area contributed by atoms with Crippen molar-refractivity contribution in [3.8, 4) is 0 Å². The number of pyridine rings is 1. The summed E-state index contributed by atoms with van der Waals surface area (Å²) in [4.78, 5) is 4.46. The Labute approximate surface area is 98.5 Å². The molecule has 1 aromatic heterocycles. The standard InChI is InChI=1S/C13H15N.C2H6/c1-9(2)12-7-11-5-4-10(3)6-13(11)14-8-12;1-2/h4-9H,1-3H3;1-2H3. The maximum atomic E-state index is 4.46. The number of nitrogens with zero attached hydrogens (tertiary/aromatic N) is 1. The minimum absolute atomic E-state index is 0.549. The number of rotatable bonds is 1. The van der Waals surface area contributed by atoms with Crippen molar-refractivity contribution in [1.29, 1.82) is 0 Å². The molecule has 2 rings (SSSR count). The molecular formula is C15H21N. The van der Waals surface area contributed by atoms with Crippen LogP contribution in [0.2, 0.25) is 0 Å². The molecule has 16 heavy (non-hydrogen) atoms. The Bertz CT molecular complexity index is 458. The summed E-state index contributed by atoms with van der Waals surface area (Å²) >= 11 is 0. The number of fused-ring (bicyclic) bond motifs is 1. The molecule has 86 valence electrons. The van der Waals surface area contributed by atoms with Crippen molar-refractivity contribution in [2.24, 2.45) is 0 Å². The van der Waals surface area contributed by atoms with Crippen molar-refractivity contribution in [3.05, 3.63) is 41.6 Å². The zero-order valence-electron chi connectivity index (χ0n) is 10.9. The monoisotopic (exact) mass is 215 g/mol. The lowest BCUT2D eigenvalue weighted by molar-refractivity contribution is 0.862. The lowest BCUT2D eigenvalue weighted by Gasteiger charge is -2.06. The van der Waals surface area contributed by atoms with Crippen LogP contribution in [0.3, 0.4) is 0 Å². The molecule has 0 saturated heterocycles. The van der Waals surface area contributed by atoms with E-state index < -0.39 is 0 Å². The van der Waals surface area contributed by atoms with E-state index in [1.54, 1.807) is 0 Å². The highest BCUT2D eigenvalue weighted by Crippen LogP contribution is 2.19. The maximum Gasteiger partial charge on any atom is 0.0704 e. The third-order valence-corrected chi connectivity index (χ3v) is 2.53. The number of hydrogen-bond donors (Lipinski definition) is 0.